The Labute approximate surface area is 117 Å². The molecule has 2 heterocycles. The molecule has 2 aliphatic heterocycles. The molecule has 0 aliphatic carbocycles. The quantitative estimate of drug-likeness (QED) is 0.731. The van der Waals surface area contributed by atoms with Crippen molar-refractivity contribution < 1.29 is 19.4 Å². The molecule has 0 aromatic heterocycles. The summed E-state index contributed by atoms with van der Waals surface area (Å²) in [5.41, 5.74) is 0. The van der Waals surface area contributed by atoms with Gasteiger partial charge in [0.15, 0.2) is 0 Å². The summed E-state index contributed by atoms with van der Waals surface area (Å²) >= 11 is 1.35. The van der Waals surface area contributed by atoms with Crippen molar-refractivity contribution in [2.24, 2.45) is 0 Å². The summed E-state index contributed by atoms with van der Waals surface area (Å²) in [6.45, 7) is 3.54. The zero-order chi connectivity index (χ0) is 13.7. The standard InChI is InChI=1S/C12H20N2O4S/c15-10-1-2-14(7-10)12(17)9-19-8-11(16)13-3-5-18-6-4-13/h10,15H,1-9H2/t10-/m0/s1. The van der Waals surface area contributed by atoms with Crippen molar-refractivity contribution in [3.05, 3.63) is 0 Å². The Morgan fingerprint density at radius 1 is 1.11 bits per heavy atom. The molecule has 2 saturated heterocycles. The summed E-state index contributed by atoms with van der Waals surface area (Å²) < 4.78 is 5.18. The van der Waals surface area contributed by atoms with E-state index in [0.717, 1.165) is 0 Å². The van der Waals surface area contributed by atoms with E-state index in [1.54, 1.807) is 9.80 Å². The number of thioether (sulfide) groups is 1. The highest BCUT2D eigenvalue weighted by Gasteiger charge is 2.24. The van der Waals surface area contributed by atoms with Crippen molar-refractivity contribution >= 4 is 23.6 Å². The van der Waals surface area contributed by atoms with Crippen LogP contribution in [0.2, 0.25) is 0 Å². The molecule has 0 bridgehead atoms. The molecule has 0 unspecified atom stereocenters. The number of carbonyl (C=O) groups is 2. The van der Waals surface area contributed by atoms with Gasteiger partial charge in [0.25, 0.3) is 0 Å². The number of ether oxygens (including phenoxy) is 1. The van der Waals surface area contributed by atoms with Gasteiger partial charge < -0.3 is 19.6 Å². The fraction of sp³-hybridized carbons (Fsp3) is 0.833. The van der Waals surface area contributed by atoms with Crippen LogP contribution in [0.15, 0.2) is 0 Å². The van der Waals surface area contributed by atoms with Crippen molar-refractivity contribution in [2.75, 3.05) is 50.9 Å². The zero-order valence-electron chi connectivity index (χ0n) is 10.9. The topological polar surface area (TPSA) is 70.1 Å². The Hall–Kier alpha value is -0.790. The lowest BCUT2D eigenvalue weighted by molar-refractivity contribution is -0.132. The third kappa shape index (κ3) is 4.36. The molecular weight excluding hydrogens is 268 g/mol. The van der Waals surface area contributed by atoms with Crippen LogP contribution in [0.25, 0.3) is 0 Å². The monoisotopic (exact) mass is 288 g/mol. The number of amides is 2. The Bertz CT molecular complexity index is 317. The van der Waals surface area contributed by atoms with Gasteiger partial charge in [0.2, 0.25) is 11.8 Å². The van der Waals surface area contributed by atoms with E-state index in [-0.39, 0.29) is 17.9 Å². The number of nitrogens with zero attached hydrogens (tertiary/aromatic N) is 2. The molecule has 1 N–H and O–H groups in total. The SMILES string of the molecule is O=C(CSCC(=O)N1CC[C@H](O)C1)N1CCOCC1. The minimum atomic E-state index is -0.385. The number of aliphatic hydroxyl groups excluding tert-OH is 1. The van der Waals surface area contributed by atoms with Gasteiger partial charge in [-0.05, 0) is 6.42 Å². The lowest BCUT2D eigenvalue weighted by Crippen LogP contribution is -2.41. The Morgan fingerprint density at radius 3 is 2.32 bits per heavy atom. The molecule has 0 aromatic carbocycles. The van der Waals surface area contributed by atoms with E-state index in [4.69, 9.17) is 4.74 Å². The van der Waals surface area contributed by atoms with Crippen molar-refractivity contribution in [1.29, 1.82) is 0 Å². The maximum absolute atomic E-state index is 11.8. The number of rotatable bonds is 4. The van der Waals surface area contributed by atoms with Gasteiger partial charge in [-0.1, -0.05) is 0 Å². The molecule has 108 valence electrons. The lowest BCUT2D eigenvalue weighted by Gasteiger charge is -2.26. The van der Waals surface area contributed by atoms with Crippen LogP contribution in [0.1, 0.15) is 6.42 Å². The van der Waals surface area contributed by atoms with E-state index in [1.807, 2.05) is 0 Å². The molecule has 0 aromatic rings. The Morgan fingerprint density at radius 2 is 1.74 bits per heavy atom. The minimum Gasteiger partial charge on any atom is -0.391 e. The fourth-order valence-corrected chi connectivity index (χ4v) is 3.01. The van der Waals surface area contributed by atoms with Gasteiger partial charge in [0.05, 0.1) is 30.8 Å². The largest absolute Gasteiger partial charge is 0.391 e. The van der Waals surface area contributed by atoms with Crippen LogP contribution in [0.4, 0.5) is 0 Å². The lowest BCUT2D eigenvalue weighted by atomic mass is 10.3. The molecule has 7 heteroatoms. The van der Waals surface area contributed by atoms with Crippen molar-refractivity contribution in [1.82, 2.24) is 9.80 Å². The minimum absolute atomic E-state index is 0.0105. The number of β-amino-alcohol motifs (C(OH)–C–C–N with tert-alkyl or cyclic N) is 1. The number of hydrogen-bond donors (Lipinski definition) is 1. The molecule has 0 saturated carbocycles. The van der Waals surface area contributed by atoms with E-state index in [0.29, 0.717) is 57.3 Å². The molecule has 2 fully saturated rings. The molecule has 19 heavy (non-hydrogen) atoms. The third-order valence-corrected chi connectivity index (χ3v) is 4.23. The first-order chi connectivity index (χ1) is 9.16. The Balaban J connectivity index is 1.62. The molecule has 1 atom stereocenters. The Kier molecular flexibility index (Phi) is 5.47. The number of aliphatic hydroxyl groups is 1. The van der Waals surface area contributed by atoms with Gasteiger partial charge in [0.1, 0.15) is 0 Å². The summed E-state index contributed by atoms with van der Waals surface area (Å²) in [5.74, 6) is 0.726. The summed E-state index contributed by atoms with van der Waals surface area (Å²) in [4.78, 5) is 27.1. The molecule has 2 amide bonds. The average molecular weight is 288 g/mol. The maximum atomic E-state index is 11.8. The van der Waals surface area contributed by atoms with Crippen LogP contribution < -0.4 is 0 Å². The van der Waals surface area contributed by atoms with Crippen molar-refractivity contribution in [3.8, 4) is 0 Å². The third-order valence-electron chi connectivity index (χ3n) is 3.33. The molecule has 0 spiro atoms. The molecule has 0 radical (unpaired) electrons. The highest BCUT2D eigenvalue weighted by Crippen LogP contribution is 2.12. The first-order valence-electron chi connectivity index (χ1n) is 6.56. The summed E-state index contributed by atoms with van der Waals surface area (Å²) in [7, 11) is 0. The second kappa shape index (κ2) is 7.12. The van der Waals surface area contributed by atoms with Crippen molar-refractivity contribution in [3.63, 3.8) is 0 Å². The second-order valence-electron chi connectivity index (χ2n) is 4.77. The van der Waals surface area contributed by atoms with Crippen molar-refractivity contribution in [2.45, 2.75) is 12.5 Å². The van der Waals surface area contributed by atoms with Crippen LogP contribution in [-0.4, -0.2) is 83.7 Å². The van der Waals surface area contributed by atoms with Gasteiger partial charge >= 0.3 is 0 Å². The second-order valence-corrected chi connectivity index (χ2v) is 5.75. The number of likely N-dealkylation sites (tertiary alicyclic amines) is 1. The van der Waals surface area contributed by atoms with Gasteiger partial charge in [-0.2, -0.15) is 0 Å². The van der Waals surface area contributed by atoms with Gasteiger partial charge in [-0.25, -0.2) is 0 Å². The van der Waals surface area contributed by atoms with E-state index in [9.17, 15) is 14.7 Å². The summed E-state index contributed by atoms with van der Waals surface area (Å²) in [5, 5.41) is 9.36. The molecule has 2 aliphatic rings. The highest BCUT2D eigenvalue weighted by atomic mass is 32.2. The normalized spacial score (nSPS) is 23.7. The summed E-state index contributed by atoms with van der Waals surface area (Å²) in [6.07, 6.45) is 0.271. The fourth-order valence-electron chi connectivity index (χ4n) is 2.19. The smallest absolute Gasteiger partial charge is 0.232 e. The number of hydrogen-bond acceptors (Lipinski definition) is 5. The predicted octanol–water partition coefficient (Wildman–Crippen LogP) is -0.828. The van der Waals surface area contributed by atoms with E-state index in [2.05, 4.69) is 0 Å². The van der Waals surface area contributed by atoms with Crippen LogP contribution in [-0.2, 0) is 14.3 Å². The van der Waals surface area contributed by atoms with Crippen LogP contribution in [0, 0.1) is 0 Å². The first-order valence-corrected chi connectivity index (χ1v) is 7.71. The van der Waals surface area contributed by atoms with Gasteiger partial charge in [-0.3, -0.25) is 9.59 Å². The maximum Gasteiger partial charge on any atom is 0.232 e. The van der Waals surface area contributed by atoms with E-state index >= 15 is 0 Å². The molecule has 6 nitrogen and oxygen atoms in total. The van der Waals surface area contributed by atoms with Crippen LogP contribution >= 0.6 is 11.8 Å². The van der Waals surface area contributed by atoms with Crippen LogP contribution in [0.5, 0.6) is 0 Å². The molecular formula is C12H20N2O4S. The van der Waals surface area contributed by atoms with Crippen LogP contribution in [0.3, 0.4) is 0 Å². The predicted molar refractivity (Wildman–Crippen MR) is 71.9 cm³/mol. The first kappa shape index (κ1) is 14.6. The highest BCUT2D eigenvalue weighted by molar-refractivity contribution is 8.00. The van der Waals surface area contributed by atoms with E-state index in [1.165, 1.54) is 11.8 Å². The van der Waals surface area contributed by atoms with Gasteiger partial charge in [-0.15, -0.1) is 11.8 Å². The number of carbonyl (C=O) groups excluding carboxylic acids is 2. The summed E-state index contributed by atoms with van der Waals surface area (Å²) in [6, 6.07) is 0. The van der Waals surface area contributed by atoms with Gasteiger partial charge in [0, 0.05) is 26.2 Å². The zero-order valence-corrected chi connectivity index (χ0v) is 11.7. The average Bonchev–Trinajstić information content (AvgIpc) is 2.86. The molecule has 2 rings (SSSR count). The van der Waals surface area contributed by atoms with E-state index < -0.39 is 0 Å². The number of morpholine rings is 1.